The van der Waals surface area contributed by atoms with Crippen LogP contribution >= 0.6 is 27.7 Å². The minimum absolute atomic E-state index is 0.317. The van der Waals surface area contributed by atoms with E-state index in [4.69, 9.17) is 4.42 Å². The van der Waals surface area contributed by atoms with Gasteiger partial charge in [0.1, 0.15) is 5.76 Å². The maximum atomic E-state index is 5.40. The maximum Gasteiger partial charge on any atom is 0.134 e. The molecule has 1 heterocycles. The quantitative estimate of drug-likeness (QED) is 0.884. The summed E-state index contributed by atoms with van der Waals surface area (Å²) in [5.41, 5.74) is 0. The molecule has 1 unspecified atom stereocenters. The zero-order valence-electron chi connectivity index (χ0n) is 7.84. The van der Waals surface area contributed by atoms with Gasteiger partial charge >= 0.3 is 0 Å². The summed E-state index contributed by atoms with van der Waals surface area (Å²) in [4.78, 5) is 0. The number of halogens is 1. The number of hydrogen-bond donors (Lipinski definition) is 1. The summed E-state index contributed by atoms with van der Waals surface area (Å²) in [7, 11) is 1.96. The standard InChI is InChI=1S/C9H14BrNOS/c1-11-8(4-6-13-2)9-7(10)3-5-12-9/h3,5,8,11H,4,6H2,1-2H3. The van der Waals surface area contributed by atoms with Crippen molar-refractivity contribution in [1.82, 2.24) is 5.32 Å². The van der Waals surface area contributed by atoms with Gasteiger partial charge in [0.25, 0.3) is 0 Å². The fraction of sp³-hybridized carbons (Fsp3) is 0.556. The Labute approximate surface area is 91.6 Å². The SMILES string of the molecule is CNC(CCSC)c1occc1Br. The van der Waals surface area contributed by atoms with E-state index < -0.39 is 0 Å². The Hall–Kier alpha value is 0.0700. The first-order valence-corrected chi connectivity index (χ1v) is 6.37. The Morgan fingerprint density at radius 3 is 2.92 bits per heavy atom. The average Bonchev–Trinajstić information content (AvgIpc) is 2.54. The molecule has 2 nitrogen and oxygen atoms in total. The van der Waals surface area contributed by atoms with Crippen LogP contribution < -0.4 is 5.32 Å². The molecule has 0 spiro atoms. The summed E-state index contributed by atoms with van der Waals surface area (Å²) in [6.07, 6.45) is 4.91. The van der Waals surface area contributed by atoms with E-state index in [1.54, 1.807) is 6.26 Å². The van der Waals surface area contributed by atoms with Crippen LogP contribution in [0.2, 0.25) is 0 Å². The molecule has 74 valence electrons. The van der Waals surface area contributed by atoms with E-state index in [9.17, 15) is 0 Å². The third-order valence-electron chi connectivity index (χ3n) is 1.92. The van der Waals surface area contributed by atoms with Gasteiger partial charge in [-0.15, -0.1) is 0 Å². The van der Waals surface area contributed by atoms with E-state index >= 15 is 0 Å². The maximum absolute atomic E-state index is 5.40. The molecule has 0 aliphatic rings. The van der Waals surface area contributed by atoms with Crippen molar-refractivity contribution in [2.75, 3.05) is 19.1 Å². The molecule has 4 heteroatoms. The molecule has 13 heavy (non-hydrogen) atoms. The zero-order chi connectivity index (χ0) is 9.68. The van der Waals surface area contributed by atoms with E-state index in [2.05, 4.69) is 27.5 Å². The van der Waals surface area contributed by atoms with Gasteiger partial charge in [-0.2, -0.15) is 11.8 Å². The number of nitrogens with one attached hydrogen (secondary N) is 1. The number of thioether (sulfide) groups is 1. The van der Waals surface area contributed by atoms with Gasteiger partial charge in [0.05, 0.1) is 16.8 Å². The van der Waals surface area contributed by atoms with Crippen molar-refractivity contribution in [3.8, 4) is 0 Å². The second-order valence-electron chi connectivity index (χ2n) is 2.76. The van der Waals surface area contributed by atoms with Gasteiger partial charge in [-0.1, -0.05) is 0 Å². The Morgan fingerprint density at radius 1 is 1.69 bits per heavy atom. The summed E-state index contributed by atoms with van der Waals surface area (Å²) in [6, 6.07) is 2.25. The van der Waals surface area contributed by atoms with Gasteiger partial charge in [-0.3, -0.25) is 0 Å². The molecule has 0 fully saturated rings. The zero-order valence-corrected chi connectivity index (χ0v) is 10.2. The summed E-state index contributed by atoms with van der Waals surface area (Å²) in [5.74, 6) is 2.13. The van der Waals surface area contributed by atoms with Gasteiger partial charge in [-0.05, 0) is 47.5 Å². The highest BCUT2D eigenvalue weighted by molar-refractivity contribution is 9.10. The van der Waals surface area contributed by atoms with Crippen LogP contribution in [0.25, 0.3) is 0 Å². The minimum Gasteiger partial charge on any atom is -0.466 e. The van der Waals surface area contributed by atoms with E-state index in [0.717, 1.165) is 22.4 Å². The van der Waals surface area contributed by atoms with Gasteiger partial charge in [-0.25, -0.2) is 0 Å². The highest BCUT2D eigenvalue weighted by Crippen LogP contribution is 2.26. The molecule has 0 saturated heterocycles. The van der Waals surface area contributed by atoms with Gasteiger partial charge in [0.2, 0.25) is 0 Å². The largest absolute Gasteiger partial charge is 0.466 e. The second-order valence-corrected chi connectivity index (χ2v) is 4.60. The molecule has 0 amide bonds. The van der Waals surface area contributed by atoms with Crippen LogP contribution in [0, 0.1) is 0 Å². The third kappa shape index (κ3) is 3.04. The summed E-state index contributed by atoms with van der Waals surface area (Å²) >= 11 is 5.31. The van der Waals surface area contributed by atoms with Crippen molar-refractivity contribution in [3.05, 3.63) is 22.6 Å². The molecule has 1 rings (SSSR count). The summed E-state index contributed by atoms with van der Waals surface area (Å²) in [5, 5.41) is 3.24. The van der Waals surface area contributed by atoms with Gasteiger partial charge < -0.3 is 9.73 Å². The number of rotatable bonds is 5. The lowest BCUT2D eigenvalue weighted by atomic mass is 10.2. The van der Waals surface area contributed by atoms with Gasteiger partial charge in [0.15, 0.2) is 0 Å². The van der Waals surface area contributed by atoms with Crippen LogP contribution in [-0.2, 0) is 0 Å². The normalized spacial score (nSPS) is 13.2. The number of hydrogen-bond acceptors (Lipinski definition) is 3. The molecular formula is C9H14BrNOS. The highest BCUT2D eigenvalue weighted by Gasteiger charge is 2.14. The molecule has 0 saturated carbocycles. The van der Waals surface area contributed by atoms with Crippen molar-refractivity contribution in [3.63, 3.8) is 0 Å². The molecule has 1 N–H and O–H groups in total. The van der Waals surface area contributed by atoms with Crippen molar-refractivity contribution in [2.45, 2.75) is 12.5 Å². The predicted molar refractivity (Wildman–Crippen MR) is 61.2 cm³/mol. The Bertz CT molecular complexity index is 252. The van der Waals surface area contributed by atoms with Crippen molar-refractivity contribution >= 4 is 27.7 Å². The van der Waals surface area contributed by atoms with Crippen molar-refractivity contribution in [2.24, 2.45) is 0 Å². The lowest BCUT2D eigenvalue weighted by Crippen LogP contribution is -2.16. The monoisotopic (exact) mass is 263 g/mol. The lowest BCUT2D eigenvalue weighted by Gasteiger charge is -2.13. The highest BCUT2D eigenvalue weighted by atomic mass is 79.9. The third-order valence-corrected chi connectivity index (χ3v) is 3.22. The van der Waals surface area contributed by atoms with Crippen LogP contribution in [0.1, 0.15) is 18.2 Å². The molecule has 0 aromatic carbocycles. The fourth-order valence-electron chi connectivity index (χ4n) is 1.20. The second kappa shape index (κ2) is 5.73. The molecule has 0 radical (unpaired) electrons. The molecule has 0 aliphatic carbocycles. The topological polar surface area (TPSA) is 25.2 Å². The van der Waals surface area contributed by atoms with Gasteiger partial charge in [0, 0.05) is 0 Å². The first kappa shape index (κ1) is 11.1. The van der Waals surface area contributed by atoms with E-state index in [1.165, 1.54) is 0 Å². The van der Waals surface area contributed by atoms with Crippen LogP contribution in [0.3, 0.4) is 0 Å². The summed E-state index contributed by atoms with van der Waals surface area (Å²) in [6.45, 7) is 0. The average molecular weight is 264 g/mol. The summed E-state index contributed by atoms with van der Waals surface area (Å²) < 4.78 is 6.44. The first-order chi connectivity index (χ1) is 6.29. The van der Waals surface area contributed by atoms with Crippen LogP contribution in [-0.4, -0.2) is 19.1 Å². The molecule has 1 aromatic rings. The predicted octanol–water partition coefficient (Wildman–Crippen LogP) is 3.06. The first-order valence-electron chi connectivity index (χ1n) is 4.18. The van der Waals surface area contributed by atoms with Crippen LogP contribution in [0.15, 0.2) is 21.2 Å². The van der Waals surface area contributed by atoms with E-state index in [1.807, 2.05) is 24.9 Å². The Balaban J connectivity index is 2.61. The molecular weight excluding hydrogens is 250 g/mol. The van der Waals surface area contributed by atoms with Crippen molar-refractivity contribution in [1.29, 1.82) is 0 Å². The molecule has 0 aliphatic heterocycles. The molecule has 1 atom stereocenters. The van der Waals surface area contributed by atoms with Crippen molar-refractivity contribution < 1.29 is 4.42 Å². The Kier molecular flexibility index (Phi) is 4.91. The fourth-order valence-corrected chi connectivity index (χ4v) is 2.15. The van der Waals surface area contributed by atoms with E-state index in [0.29, 0.717) is 6.04 Å². The minimum atomic E-state index is 0.317. The van der Waals surface area contributed by atoms with Crippen LogP contribution in [0.5, 0.6) is 0 Å². The van der Waals surface area contributed by atoms with Crippen LogP contribution in [0.4, 0.5) is 0 Å². The smallest absolute Gasteiger partial charge is 0.134 e. The van der Waals surface area contributed by atoms with E-state index in [-0.39, 0.29) is 0 Å². The Morgan fingerprint density at radius 2 is 2.46 bits per heavy atom. The molecule has 1 aromatic heterocycles. The lowest BCUT2D eigenvalue weighted by molar-refractivity contribution is 0.423. The molecule has 0 bridgehead atoms. The number of furan rings is 1.